The first kappa shape index (κ1) is 27.9. The van der Waals surface area contributed by atoms with Crippen LogP contribution >= 0.6 is 0 Å². The largest absolute Gasteiger partial charge is 0.478 e. The molecule has 0 spiro atoms. The minimum Gasteiger partial charge on any atom is -0.478 e. The van der Waals surface area contributed by atoms with Gasteiger partial charge in [0.15, 0.2) is 0 Å². The fourth-order valence-electron chi connectivity index (χ4n) is 6.72. The molecule has 5 aromatic carbocycles. The molecular formula is C37H28N2O6. The summed E-state index contributed by atoms with van der Waals surface area (Å²) < 4.78 is 11.4. The van der Waals surface area contributed by atoms with Gasteiger partial charge in [-0.15, -0.1) is 0 Å². The van der Waals surface area contributed by atoms with Gasteiger partial charge in [0.05, 0.1) is 16.7 Å². The number of anilines is 2. The van der Waals surface area contributed by atoms with Gasteiger partial charge in [-0.1, -0.05) is 97.1 Å². The highest BCUT2D eigenvalue weighted by molar-refractivity contribution is 6.15. The number of hydrogen-bond acceptors (Lipinski definition) is 7. The van der Waals surface area contributed by atoms with Crippen LogP contribution < -0.4 is 11.5 Å². The third-order valence-electron chi connectivity index (χ3n) is 8.70. The van der Waals surface area contributed by atoms with E-state index in [9.17, 15) is 19.5 Å². The molecule has 7 rings (SSSR count). The zero-order valence-electron chi connectivity index (χ0n) is 24.0. The van der Waals surface area contributed by atoms with Gasteiger partial charge in [-0.2, -0.15) is 0 Å². The van der Waals surface area contributed by atoms with Gasteiger partial charge in [-0.05, 0) is 50.6 Å². The number of esters is 2. The molecule has 5 aromatic rings. The van der Waals surface area contributed by atoms with E-state index in [0.29, 0.717) is 0 Å². The van der Waals surface area contributed by atoms with Crippen LogP contribution in [-0.2, 0) is 9.47 Å². The lowest BCUT2D eigenvalue weighted by Crippen LogP contribution is -2.23. The average molecular weight is 597 g/mol. The number of aromatic carboxylic acids is 1. The van der Waals surface area contributed by atoms with Crippen LogP contribution in [0.15, 0.2) is 103 Å². The van der Waals surface area contributed by atoms with Crippen molar-refractivity contribution in [2.24, 2.45) is 0 Å². The summed E-state index contributed by atoms with van der Waals surface area (Å²) in [6, 6.07) is 32.6. The van der Waals surface area contributed by atoms with E-state index in [4.69, 9.17) is 20.9 Å². The van der Waals surface area contributed by atoms with Crippen molar-refractivity contribution in [1.29, 1.82) is 0 Å². The second-order valence-corrected chi connectivity index (χ2v) is 11.1. The zero-order valence-corrected chi connectivity index (χ0v) is 24.0. The number of nitrogen functional groups attached to an aromatic ring is 2. The summed E-state index contributed by atoms with van der Waals surface area (Å²) in [6.07, 6.45) is 0. The molecule has 0 fully saturated rings. The number of hydrogen-bond donors (Lipinski definition) is 3. The van der Waals surface area contributed by atoms with Crippen molar-refractivity contribution < 1.29 is 29.0 Å². The maximum absolute atomic E-state index is 13.5. The Morgan fingerprint density at radius 3 is 1.16 bits per heavy atom. The van der Waals surface area contributed by atoms with E-state index in [1.165, 1.54) is 6.07 Å². The first-order valence-corrected chi connectivity index (χ1v) is 14.5. The number of ether oxygens (including phenoxy) is 2. The van der Waals surface area contributed by atoms with E-state index in [1.54, 1.807) is 0 Å². The lowest BCUT2D eigenvalue weighted by Gasteiger charge is -2.19. The number of carbonyl (C=O) groups excluding carboxylic acids is 2. The standard InChI is InChI=1S/C37H28N2O6/c38-30-17-31(39)33(37(43)45-19-29-26-15-7-3-11-22(26)23-12-4-8-16-27(23)29)34(35(40)41)32(30)36(42)44-18-28-24-13-5-1-9-20(24)21-10-2-6-14-25(21)28/h1-17,28-29H,18-19,38-39H2,(H,40,41). The number of carbonyl (C=O) groups is 3. The predicted octanol–water partition coefficient (Wildman–Crippen LogP) is 6.49. The molecule has 0 unspecified atom stereocenters. The fraction of sp³-hybridized carbons (Fsp3) is 0.108. The van der Waals surface area contributed by atoms with Crippen molar-refractivity contribution in [1.82, 2.24) is 0 Å². The van der Waals surface area contributed by atoms with Gasteiger partial charge in [0.1, 0.15) is 13.2 Å². The molecule has 8 nitrogen and oxygen atoms in total. The summed E-state index contributed by atoms with van der Waals surface area (Å²) in [4.78, 5) is 39.7. The number of nitrogens with two attached hydrogens (primary N) is 2. The van der Waals surface area contributed by atoms with Crippen molar-refractivity contribution in [3.8, 4) is 22.3 Å². The van der Waals surface area contributed by atoms with Crippen LogP contribution in [0, 0.1) is 0 Å². The molecule has 45 heavy (non-hydrogen) atoms. The third kappa shape index (κ3) is 4.58. The summed E-state index contributed by atoms with van der Waals surface area (Å²) in [5.74, 6) is -4.02. The Balaban J connectivity index is 1.17. The molecule has 8 heteroatoms. The van der Waals surface area contributed by atoms with E-state index in [2.05, 4.69) is 0 Å². The molecule has 0 aromatic heterocycles. The SMILES string of the molecule is Nc1cc(N)c(C(=O)OCC2c3ccccc3-c3ccccc32)c(C(=O)O)c1C(=O)OCC1c2ccccc2-c2ccccc21. The van der Waals surface area contributed by atoms with Crippen molar-refractivity contribution in [3.05, 3.63) is 142 Å². The van der Waals surface area contributed by atoms with Crippen LogP contribution in [0.2, 0.25) is 0 Å². The van der Waals surface area contributed by atoms with Gasteiger partial charge in [-0.3, -0.25) is 0 Å². The molecule has 2 aliphatic carbocycles. The average Bonchev–Trinajstić information content (AvgIpc) is 3.54. The second kappa shape index (κ2) is 11.0. The first-order chi connectivity index (χ1) is 21.8. The molecule has 5 N–H and O–H groups in total. The summed E-state index contributed by atoms with van der Waals surface area (Å²) in [6.45, 7) is -0.119. The van der Waals surface area contributed by atoms with Crippen LogP contribution in [-0.4, -0.2) is 36.2 Å². The molecule has 0 atom stereocenters. The highest BCUT2D eigenvalue weighted by Crippen LogP contribution is 2.46. The van der Waals surface area contributed by atoms with Gasteiger partial charge in [0.2, 0.25) is 0 Å². The summed E-state index contributed by atoms with van der Waals surface area (Å²) in [5, 5.41) is 10.2. The Morgan fingerprint density at radius 2 is 0.844 bits per heavy atom. The van der Waals surface area contributed by atoms with Gasteiger partial charge in [0, 0.05) is 23.2 Å². The quantitative estimate of drug-likeness (QED) is 0.143. The van der Waals surface area contributed by atoms with E-state index in [-0.39, 0.29) is 36.4 Å². The zero-order chi connectivity index (χ0) is 31.2. The molecule has 0 amide bonds. The minimum atomic E-state index is -1.55. The van der Waals surface area contributed by atoms with E-state index in [0.717, 1.165) is 44.5 Å². The van der Waals surface area contributed by atoms with Crippen LogP contribution in [0.3, 0.4) is 0 Å². The number of carboxylic acids is 1. The molecule has 0 heterocycles. The van der Waals surface area contributed by atoms with E-state index < -0.39 is 34.6 Å². The second-order valence-electron chi connectivity index (χ2n) is 11.1. The molecule has 222 valence electrons. The third-order valence-corrected chi connectivity index (χ3v) is 8.70. The first-order valence-electron chi connectivity index (χ1n) is 14.5. The Labute approximate surface area is 258 Å². The maximum Gasteiger partial charge on any atom is 0.341 e. The molecule has 0 bridgehead atoms. The van der Waals surface area contributed by atoms with Crippen molar-refractivity contribution in [2.45, 2.75) is 11.8 Å². The number of rotatable bonds is 7. The van der Waals surface area contributed by atoms with Crippen molar-refractivity contribution in [2.75, 3.05) is 24.7 Å². The van der Waals surface area contributed by atoms with Crippen LogP contribution in [0.4, 0.5) is 11.4 Å². The maximum atomic E-state index is 13.5. The van der Waals surface area contributed by atoms with Gasteiger partial charge < -0.3 is 26.0 Å². The van der Waals surface area contributed by atoms with Crippen LogP contribution in [0.1, 0.15) is 65.2 Å². The highest BCUT2D eigenvalue weighted by atomic mass is 16.5. The predicted molar refractivity (Wildman–Crippen MR) is 170 cm³/mol. The lowest BCUT2D eigenvalue weighted by atomic mass is 9.96. The van der Waals surface area contributed by atoms with Gasteiger partial charge >= 0.3 is 17.9 Å². The van der Waals surface area contributed by atoms with E-state index in [1.807, 2.05) is 97.1 Å². The fourth-order valence-corrected chi connectivity index (χ4v) is 6.72. The number of fused-ring (bicyclic) bond motifs is 6. The van der Waals surface area contributed by atoms with Gasteiger partial charge in [0.25, 0.3) is 0 Å². The highest BCUT2D eigenvalue weighted by Gasteiger charge is 2.35. The molecule has 0 aliphatic heterocycles. The Kier molecular flexibility index (Phi) is 6.82. The van der Waals surface area contributed by atoms with Crippen molar-refractivity contribution >= 4 is 29.3 Å². The minimum absolute atomic E-state index is 0.0595. The number of benzene rings is 5. The smallest absolute Gasteiger partial charge is 0.341 e. The number of carboxylic acid groups (broad SMARTS) is 1. The normalized spacial score (nSPS) is 13.0. The molecule has 0 saturated carbocycles. The van der Waals surface area contributed by atoms with E-state index >= 15 is 0 Å². The molecule has 0 radical (unpaired) electrons. The van der Waals surface area contributed by atoms with Crippen LogP contribution in [0.25, 0.3) is 22.3 Å². The Bertz CT molecular complexity index is 1810. The van der Waals surface area contributed by atoms with Gasteiger partial charge in [-0.25, -0.2) is 14.4 Å². The summed E-state index contributed by atoms with van der Waals surface area (Å²) in [7, 11) is 0. The summed E-state index contributed by atoms with van der Waals surface area (Å²) >= 11 is 0. The monoisotopic (exact) mass is 596 g/mol. The molecule has 0 saturated heterocycles. The lowest BCUT2D eigenvalue weighted by molar-refractivity contribution is 0.0474. The van der Waals surface area contributed by atoms with Crippen molar-refractivity contribution in [3.63, 3.8) is 0 Å². The molecular weight excluding hydrogens is 568 g/mol. The summed E-state index contributed by atoms with van der Waals surface area (Å²) in [5.41, 5.74) is 18.5. The Morgan fingerprint density at radius 1 is 0.533 bits per heavy atom. The Hall–Kier alpha value is -5.89. The molecule has 2 aliphatic rings. The topological polar surface area (TPSA) is 142 Å². The van der Waals surface area contributed by atoms with Crippen LogP contribution in [0.5, 0.6) is 0 Å².